The second-order valence-corrected chi connectivity index (χ2v) is 7.82. The maximum atomic E-state index is 12.6. The van der Waals surface area contributed by atoms with Gasteiger partial charge < -0.3 is 9.73 Å². The van der Waals surface area contributed by atoms with Crippen LogP contribution in [0.2, 0.25) is 0 Å². The van der Waals surface area contributed by atoms with Crippen LogP contribution in [0.5, 0.6) is 0 Å². The van der Waals surface area contributed by atoms with Gasteiger partial charge in [-0.3, -0.25) is 9.69 Å². The van der Waals surface area contributed by atoms with Crippen LogP contribution in [-0.2, 0) is 6.54 Å². The number of anilines is 1. The molecule has 1 aliphatic rings. The predicted molar refractivity (Wildman–Crippen MR) is 112 cm³/mol. The molecule has 0 bridgehead atoms. The summed E-state index contributed by atoms with van der Waals surface area (Å²) < 4.78 is 5.78. The first-order chi connectivity index (χ1) is 13.5. The number of carbonyl (C=O) groups excluding carboxylic acids is 1. The molecule has 1 aliphatic carbocycles. The highest BCUT2D eigenvalue weighted by Crippen LogP contribution is 2.40. The number of rotatable bonds is 7. The van der Waals surface area contributed by atoms with Crippen molar-refractivity contribution in [1.82, 2.24) is 9.88 Å². The molecule has 4 rings (SSSR count). The molecule has 0 spiro atoms. The normalized spacial score (nSPS) is 14.2. The molecule has 1 aromatic heterocycles. The lowest BCUT2D eigenvalue weighted by atomic mass is 10.1. The molecule has 1 amide bonds. The molecule has 1 N–H and O–H groups in total. The molecule has 0 saturated heterocycles. The van der Waals surface area contributed by atoms with E-state index in [0.29, 0.717) is 17.5 Å². The van der Waals surface area contributed by atoms with Crippen molar-refractivity contribution in [2.75, 3.05) is 11.9 Å². The Morgan fingerprint density at radius 3 is 2.61 bits per heavy atom. The van der Waals surface area contributed by atoms with Crippen LogP contribution in [0, 0.1) is 0 Å². The Balaban J connectivity index is 1.43. The van der Waals surface area contributed by atoms with Gasteiger partial charge in [0, 0.05) is 29.8 Å². The van der Waals surface area contributed by atoms with E-state index in [4.69, 9.17) is 4.42 Å². The van der Waals surface area contributed by atoms with Crippen LogP contribution in [0.1, 0.15) is 61.3 Å². The molecule has 146 valence electrons. The molecule has 0 atom stereocenters. The van der Waals surface area contributed by atoms with Gasteiger partial charge in [-0.2, -0.15) is 0 Å². The molecule has 0 aliphatic heterocycles. The fraction of sp³-hybridized carbons (Fsp3) is 0.391. The van der Waals surface area contributed by atoms with Crippen molar-refractivity contribution in [2.45, 2.75) is 52.1 Å². The van der Waals surface area contributed by atoms with Crippen molar-refractivity contribution in [1.29, 1.82) is 0 Å². The summed E-state index contributed by atoms with van der Waals surface area (Å²) >= 11 is 0. The maximum Gasteiger partial charge on any atom is 0.255 e. The molecule has 3 aromatic rings. The van der Waals surface area contributed by atoms with Crippen molar-refractivity contribution in [3.63, 3.8) is 0 Å². The smallest absolute Gasteiger partial charge is 0.255 e. The van der Waals surface area contributed by atoms with Crippen LogP contribution in [0.25, 0.3) is 11.1 Å². The molecule has 28 heavy (non-hydrogen) atoms. The van der Waals surface area contributed by atoms with Crippen molar-refractivity contribution in [3.05, 3.63) is 59.5 Å². The SMILES string of the molecule is CCN(Cc1ccc(C(=O)Nc2ccc3oc(C4CC4)nc3c2)cc1)C(C)C. The zero-order valence-corrected chi connectivity index (χ0v) is 16.7. The summed E-state index contributed by atoms with van der Waals surface area (Å²) in [5, 5.41) is 2.96. The Labute approximate surface area is 165 Å². The zero-order chi connectivity index (χ0) is 19.7. The van der Waals surface area contributed by atoms with Gasteiger partial charge >= 0.3 is 0 Å². The third-order valence-electron chi connectivity index (χ3n) is 5.33. The molecule has 1 heterocycles. The molecule has 2 aromatic carbocycles. The highest BCUT2D eigenvalue weighted by molar-refractivity contribution is 6.04. The molecule has 5 nitrogen and oxygen atoms in total. The van der Waals surface area contributed by atoms with Gasteiger partial charge in [0.25, 0.3) is 5.91 Å². The minimum Gasteiger partial charge on any atom is -0.440 e. The van der Waals surface area contributed by atoms with E-state index in [1.165, 1.54) is 5.56 Å². The number of nitrogens with zero attached hydrogens (tertiary/aromatic N) is 2. The minimum atomic E-state index is -0.118. The highest BCUT2D eigenvalue weighted by Gasteiger charge is 2.28. The number of amides is 1. The van der Waals surface area contributed by atoms with E-state index in [0.717, 1.165) is 48.6 Å². The quantitative estimate of drug-likeness (QED) is 0.616. The van der Waals surface area contributed by atoms with Crippen LogP contribution in [0.4, 0.5) is 5.69 Å². The third kappa shape index (κ3) is 4.09. The molecule has 5 heteroatoms. The fourth-order valence-electron chi connectivity index (χ4n) is 3.39. The molecular weight excluding hydrogens is 350 g/mol. The fourth-order valence-corrected chi connectivity index (χ4v) is 3.39. The molecule has 1 saturated carbocycles. The average molecular weight is 377 g/mol. The van der Waals surface area contributed by atoms with Gasteiger partial charge in [0.1, 0.15) is 5.52 Å². The number of carbonyl (C=O) groups is 1. The Hall–Kier alpha value is -2.66. The minimum absolute atomic E-state index is 0.118. The first kappa shape index (κ1) is 18.7. The molecule has 0 radical (unpaired) electrons. The topological polar surface area (TPSA) is 58.4 Å². The Bertz CT molecular complexity index is 971. The zero-order valence-electron chi connectivity index (χ0n) is 16.7. The summed E-state index contributed by atoms with van der Waals surface area (Å²) in [6.45, 7) is 8.46. The van der Waals surface area contributed by atoms with Crippen LogP contribution < -0.4 is 5.32 Å². The molecule has 1 fully saturated rings. The molecular formula is C23H27N3O2. The van der Waals surface area contributed by atoms with Gasteiger partial charge in [-0.15, -0.1) is 0 Å². The lowest BCUT2D eigenvalue weighted by molar-refractivity contribution is 0.102. The number of hydrogen-bond donors (Lipinski definition) is 1. The van der Waals surface area contributed by atoms with Gasteiger partial charge in [0.2, 0.25) is 0 Å². The Morgan fingerprint density at radius 1 is 1.21 bits per heavy atom. The van der Waals surface area contributed by atoms with E-state index >= 15 is 0 Å². The first-order valence-corrected chi connectivity index (χ1v) is 10.1. The lowest BCUT2D eigenvalue weighted by Gasteiger charge is -2.24. The summed E-state index contributed by atoms with van der Waals surface area (Å²) in [6, 6.07) is 13.9. The summed E-state index contributed by atoms with van der Waals surface area (Å²) in [4.78, 5) is 19.5. The largest absolute Gasteiger partial charge is 0.440 e. The van der Waals surface area contributed by atoms with Crippen molar-refractivity contribution in [2.24, 2.45) is 0 Å². The monoisotopic (exact) mass is 377 g/mol. The van der Waals surface area contributed by atoms with E-state index in [9.17, 15) is 4.79 Å². The first-order valence-electron chi connectivity index (χ1n) is 10.1. The van der Waals surface area contributed by atoms with Gasteiger partial charge in [0.05, 0.1) is 0 Å². The number of benzene rings is 2. The van der Waals surface area contributed by atoms with Crippen LogP contribution in [-0.4, -0.2) is 28.4 Å². The molecule has 0 unspecified atom stereocenters. The van der Waals surface area contributed by atoms with Crippen molar-refractivity contribution < 1.29 is 9.21 Å². The predicted octanol–water partition coefficient (Wildman–Crippen LogP) is 5.19. The van der Waals surface area contributed by atoms with Gasteiger partial charge in [-0.05, 0) is 69.1 Å². The number of nitrogens with one attached hydrogen (secondary N) is 1. The summed E-state index contributed by atoms with van der Waals surface area (Å²) in [5.74, 6) is 1.17. The van der Waals surface area contributed by atoms with E-state index < -0.39 is 0 Å². The Kier molecular flexibility index (Phi) is 5.18. The summed E-state index contributed by atoms with van der Waals surface area (Å²) in [7, 11) is 0. The summed E-state index contributed by atoms with van der Waals surface area (Å²) in [6.07, 6.45) is 2.30. The highest BCUT2D eigenvalue weighted by atomic mass is 16.3. The van der Waals surface area contributed by atoms with E-state index in [1.807, 2.05) is 42.5 Å². The number of hydrogen-bond acceptors (Lipinski definition) is 4. The van der Waals surface area contributed by atoms with E-state index in [2.05, 4.69) is 36.0 Å². The third-order valence-corrected chi connectivity index (χ3v) is 5.33. The Morgan fingerprint density at radius 2 is 1.96 bits per heavy atom. The number of fused-ring (bicyclic) bond motifs is 1. The van der Waals surface area contributed by atoms with Crippen molar-refractivity contribution >= 4 is 22.7 Å². The number of aromatic nitrogens is 1. The second kappa shape index (κ2) is 7.76. The maximum absolute atomic E-state index is 12.6. The van der Waals surface area contributed by atoms with Crippen LogP contribution in [0.15, 0.2) is 46.9 Å². The lowest BCUT2D eigenvalue weighted by Crippen LogP contribution is -2.29. The van der Waals surface area contributed by atoms with Gasteiger partial charge in [-0.25, -0.2) is 4.98 Å². The second-order valence-electron chi connectivity index (χ2n) is 7.82. The van der Waals surface area contributed by atoms with E-state index in [1.54, 1.807) is 0 Å². The van der Waals surface area contributed by atoms with E-state index in [-0.39, 0.29) is 5.91 Å². The van der Waals surface area contributed by atoms with Gasteiger partial charge in [-0.1, -0.05) is 19.1 Å². The van der Waals surface area contributed by atoms with Crippen LogP contribution >= 0.6 is 0 Å². The summed E-state index contributed by atoms with van der Waals surface area (Å²) in [5.41, 5.74) is 4.16. The van der Waals surface area contributed by atoms with Crippen LogP contribution in [0.3, 0.4) is 0 Å². The average Bonchev–Trinajstić information content (AvgIpc) is 3.45. The standard InChI is InChI=1S/C23H27N3O2/c1-4-26(15(2)3)14-16-5-7-17(8-6-16)22(27)24-19-11-12-21-20(13-19)25-23(28-21)18-9-10-18/h5-8,11-13,15,18H,4,9-10,14H2,1-3H3,(H,24,27). The van der Waals surface area contributed by atoms with Crippen molar-refractivity contribution in [3.8, 4) is 0 Å². The van der Waals surface area contributed by atoms with Gasteiger partial charge in [0.15, 0.2) is 11.5 Å². The number of oxazole rings is 1.